The largest absolute Gasteiger partial charge is 0.497 e. The fourth-order valence-corrected chi connectivity index (χ4v) is 6.66. The van der Waals surface area contributed by atoms with Crippen molar-refractivity contribution in [3.05, 3.63) is 88.1 Å². The van der Waals surface area contributed by atoms with Crippen LogP contribution >= 0.6 is 11.3 Å². The number of methoxy groups -OCH3 is 1. The lowest BCUT2D eigenvalue weighted by atomic mass is 9.88. The van der Waals surface area contributed by atoms with E-state index in [1.54, 1.807) is 18.4 Å². The van der Waals surface area contributed by atoms with Gasteiger partial charge >= 0.3 is 0 Å². The molecule has 5 rings (SSSR count). The summed E-state index contributed by atoms with van der Waals surface area (Å²) in [7, 11) is 1.62. The van der Waals surface area contributed by atoms with E-state index in [0.29, 0.717) is 44.5 Å². The number of carbonyl (C=O) groups excluding carboxylic acids is 3. The summed E-state index contributed by atoms with van der Waals surface area (Å²) in [5.41, 5.74) is 1.75. The Kier molecular flexibility index (Phi) is 9.72. The Morgan fingerprint density at radius 2 is 1.61 bits per heavy atom. The van der Waals surface area contributed by atoms with Crippen LogP contribution < -0.4 is 10.1 Å². The average molecular weight is 574 g/mol. The van der Waals surface area contributed by atoms with Gasteiger partial charge in [-0.05, 0) is 79.8 Å². The number of piperidine rings is 1. The molecule has 3 aromatic rings. The van der Waals surface area contributed by atoms with Crippen LogP contribution in [0, 0.1) is 5.92 Å². The molecule has 7 nitrogen and oxygen atoms in total. The number of hydrogen-bond donors (Lipinski definition) is 1. The second-order valence-electron chi connectivity index (χ2n) is 11.1. The number of likely N-dealkylation sites (tertiary alicyclic amines) is 1. The first-order valence-corrected chi connectivity index (χ1v) is 15.5. The summed E-state index contributed by atoms with van der Waals surface area (Å²) in [6.45, 7) is 1.82. The fourth-order valence-electron chi connectivity index (χ4n) is 5.96. The van der Waals surface area contributed by atoms with Gasteiger partial charge in [0.05, 0.1) is 13.5 Å². The van der Waals surface area contributed by atoms with E-state index in [0.717, 1.165) is 41.9 Å². The van der Waals surface area contributed by atoms with E-state index in [4.69, 9.17) is 4.74 Å². The van der Waals surface area contributed by atoms with E-state index in [2.05, 4.69) is 17.4 Å². The Balaban J connectivity index is 1.13. The highest BCUT2D eigenvalue weighted by atomic mass is 32.1. The molecule has 0 atom stereocenters. The minimum Gasteiger partial charge on any atom is -0.497 e. The van der Waals surface area contributed by atoms with Crippen molar-refractivity contribution in [1.29, 1.82) is 0 Å². The number of rotatable bonds is 9. The number of nitrogens with zero attached hydrogens (tertiary/aromatic N) is 2. The fraction of sp³-hybridized carbons (Fsp3) is 0.424. The Hall–Kier alpha value is -3.65. The van der Waals surface area contributed by atoms with E-state index in [9.17, 15) is 14.4 Å². The van der Waals surface area contributed by atoms with E-state index in [1.165, 1.54) is 0 Å². The van der Waals surface area contributed by atoms with Gasteiger partial charge in [-0.25, -0.2) is 0 Å². The standard InChI is InChI=1S/C33H39N3O4S/c1-40-29-15-9-26(10-16-29)33(39)36(23-24-6-3-2-4-7-24)28-13-11-27(12-14-28)34-32(38)25-17-19-35(20-18-25)31(37)22-30-8-5-21-41-30/h2-10,15-16,21,25,27-28H,11-14,17-20,22-23H2,1H3,(H,34,38). The summed E-state index contributed by atoms with van der Waals surface area (Å²) >= 11 is 1.61. The number of carbonyl (C=O) groups is 3. The first-order valence-electron chi connectivity index (χ1n) is 14.6. The number of benzene rings is 2. The molecule has 41 heavy (non-hydrogen) atoms. The van der Waals surface area contributed by atoms with Gasteiger partial charge < -0.3 is 19.9 Å². The molecule has 2 aromatic carbocycles. The Bertz CT molecular complexity index is 1280. The van der Waals surface area contributed by atoms with E-state index in [1.807, 2.05) is 69.8 Å². The highest BCUT2D eigenvalue weighted by molar-refractivity contribution is 7.10. The Morgan fingerprint density at radius 1 is 0.902 bits per heavy atom. The summed E-state index contributed by atoms with van der Waals surface area (Å²) in [5, 5.41) is 5.29. The molecular weight excluding hydrogens is 534 g/mol. The first kappa shape index (κ1) is 28.9. The molecule has 0 spiro atoms. The van der Waals surface area contributed by atoms with Gasteiger partial charge in [0.25, 0.3) is 5.91 Å². The van der Waals surface area contributed by atoms with Crippen molar-refractivity contribution in [2.24, 2.45) is 5.92 Å². The molecule has 2 heterocycles. The van der Waals surface area contributed by atoms with Gasteiger partial charge in [-0.1, -0.05) is 36.4 Å². The lowest BCUT2D eigenvalue weighted by Gasteiger charge is -2.38. The van der Waals surface area contributed by atoms with Crippen LogP contribution in [0.2, 0.25) is 0 Å². The molecular formula is C33H39N3O4S. The summed E-state index contributed by atoms with van der Waals surface area (Å²) in [5.74, 6) is 0.945. The molecule has 1 N–H and O–H groups in total. The maximum Gasteiger partial charge on any atom is 0.254 e. The topological polar surface area (TPSA) is 79.0 Å². The molecule has 0 radical (unpaired) electrons. The van der Waals surface area contributed by atoms with Crippen LogP contribution in [0.3, 0.4) is 0 Å². The number of ether oxygens (including phenoxy) is 1. The first-order chi connectivity index (χ1) is 20.0. The van der Waals surface area contributed by atoms with Gasteiger partial charge in [0.15, 0.2) is 0 Å². The molecule has 0 unspecified atom stereocenters. The molecule has 8 heteroatoms. The van der Waals surface area contributed by atoms with E-state index >= 15 is 0 Å². The van der Waals surface area contributed by atoms with Crippen LogP contribution in [-0.4, -0.2) is 59.8 Å². The van der Waals surface area contributed by atoms with Crippen molar-refractivity contribution in [3.63, 3.8) is 0 Å². The Morgan fingerprint density at radius 3 is 2.24 bits per heavy atom. The maximum absolute atomic E-state index is 13.7. The Labute approximate surface area is 246 Å². The van der Waals surface area contributed by atoms with Crippen molar-refractivity contribution in [2.75, 3.05) is 20.2 Å². The van der Waals surface area contributed by atoms with Gasteiger partial charge in [-0.2, -0.15) is 0 Å². The number of thiophene rings is 1. The summed E-state index contributed by atoms with van der Waals surface area (Å²) in [6, 6.07) is 21.6. The SMILES string of the molecule is COc1ccc(C(=O)N(Cc2ccccc2)C2CCC(NC(=O)C3CCN(C(=O)Cc4cccs4)CC3)CC2)cc1. The van der Waals surface area contributed by atoms with E-state index in [-0.39, 0.29) is 35.7 Å². The lowest BCUT2D eigenvalue weighted by Crippen LogP contribution is -2.48. The second-order valence-corrected chi connectivity index (χ2v) is 12.1. The maximum atomic E-state index is 13.7. The predicted octanol–water partition coefficient (Wildman–Crippen LogP) is 5.31. The third-order valence-electron chi connectivity index (χ3n) is 8.40. The third kappa shape index (κ3) is 7.55. The van der Waals surface area contributed by atoms with Crippen molar-refractivity contribution in [2.45, 2.75) is 63.6 Å². The van der Waals surface area contributed by atoms with Gasteiger partial charge in [-0.15, -0.1) is 11.3 Å². The van der Waals surface area contributed by atoms with Crippen molar-refractivity contribution in [3.8, 4) is 5.75 Å². The van der Waals surface area contributed by atoms with Crippen LogP contribution in [0.4, 0.5) is 0 Å². The molecule has 2 fully saturated rings. The van der Waals surface area contributed by atoms with Gasteiger partial charge in [0, 0.05) is 48.1 Å². The van der Waals surface area contributed by atoms with Crippen LogP contribution in [0.5, 0.6) is 5.75 Å². The normalized spacial score (nSPS) is 19.4. The molecule has 1 saturated carbocycles. The monoisotopic (exact) mass is 573 g/mol. The van der Waals surface area contributed by atoms with Gasteiger partial charge in [0.2, 0.25) is 11.8 Å². The van der Waals surface area contributed by atoms with Gasteiger partial charge in [0.1, 0.15) is 5.75 Å². The predicted molar refractivity (Wildman–Crippen MR) is 161 cm³/mol. The number of nitrogens with one attached hydrogen (secondary N) is 1. The van der Waals surface area contributed by atoms with Crippen LogP contribution in [0.25, 0.3) is 0 Å². The summed E-state index contributed by atoms with van der Waals surface area (Å²) in [4.78, 5) is 44.4. The molecule has 2 aliphatic rings. The third-order valence-corrected chi connectivity index (χ3v) is 9.28. The molecule has 216 valence electrons. The average Bonchev–Trinajstić information content (AvgIpc) is 3.54. The summed E-state index contributed by atoms with van der Waals surface area (Å²) in [6.07, 6.45) is 5.23. The molecule has 3 amide bonds. The van der Waals surface area contributed by atoms with Crippen LogP contribution in [0.15, 0.2) is 72.1 Å². The quantitative estimate of drug-likeness (QED) is 0.377. The minimum atomic E-state index is -0.0512. The zero-order chi connectivity index (χ0) is 28.6. The van der Waals surface area contributed by atoms with Crippen molar-refractivity contribution in [1.82, 2.24) is 15.1 Å². The minimum absolute atomic E-state index is 0.0179. The van der Waals surface area contributed by atoms with E-state index < -0.39 is 0 Å². The second kappa shape index (κ2) is 13.8. The van der Waals surface area contributed by atoms with Crippen LogP contribution in [0.1, 0.15) is 59.3 Å². The molecule has 0 bridgehead atoms. The molecule has 1 aliphatic heterocycles. The highest BCUT2D eigenvalue weighted by Crippen LogP contribution is 2.28. The molecule has 1 aromatic heterocycles. The van der Waals surface area contributed by atoms with Gasteiger partial charge in [-0.3, -0.25) is 14.4 Å². The zero-order valence-corrected chi connectivity index (χ0v) is 24.5. The zero-order valence-electron chi connectivity index (χ0n) is 23.7. The lowest BCUT2D eigenvalue weighted by molar-refractivity contribution is -0.135. The smallest absolute Gasteiger partial charge is 0.254 e. The number of hydrogen-bond acceptors (Lipinski definition) is 5. The summed E-state index contributed by atoms with van der Waals surface area (Å²) < 4.78 is 5.27. The molecule has 1 aliphatic carbocycles. The number of amides is 3. The van der Waals surface area contributed by atoms with Crippen molar-refractivity contribution >= 4 is 29.1 Å². The molecule has 1 saturated heterocycles. The van der Waals surface area contributed by atoms with Crippen LogP contribution in [-0.2, 0) is 22.6 Å². The van der Waals surface area contributed by atoms with Crippen molar-refractivity contribution < 1.29 is 19.1 Å². The highest BCUT2D eigenvalue weighted by Gasteiger charge is 2.32.